The molecule has 0 aliphatic carbocycles. The Balaban J connectivity index is 1.40. The van der Waals surface area contributed by atoms with Crippen molar-refractivity contribution in [1.29, 1.82) is 0 Å². The Morgan fingerprint density at radius 3 is 2.64 bits per heavy atom. The molecule has 2 aliphatic rings. The molecule has 28 heavy (non-hydrogen) atoms. The standard InChI is InChI=1S/C17H19N3O8/c1-17(2)26-13-11(7-21)25-16(14(13)27-17)24-8-12-18-15(28-19-12)9-3-5-10(6-4-9)20(22)23/h3-6,11,13-14,16,21H,7-8H2,1-2H3/t11-,13-,14-,16-/m1/s1. The van der Waals surface area contributed by atoms with Crippen molar-refractivity contribution in [3.8, 4) is 11.5 Å². The number of hydrogen-bond acceptors (Lipinski definition) is 10. The van der Waals surface area contributed by atoms with Gasteiger partial charge in [-0.3, -0.25) is 10.1 Å². The molecule has 0 bridgehead atoms. The molecule has 11 nitrogen and oxygen atoms in total. The van der Waals surface area contributed by atoms with E-state index in [9.17, 15) is 15.2 Å². The molecule has 0 unspecified atom stereocenters. The highest BCUT2D eigenvalue weighted by atomic mass is 16.8. The lowest BCUT2D eigenvalue weighted by Crippen LogP contribution is -2.32. The highest BCUT2D eigenvalue weighted by molar-refractivity contribution is 5.55. The molecule has 2 fully saturated rings. The first-order valence-electron chi connectivity index (χ1n) is 8.67. The zero-order chi connectivity index (χ0) is 19.9. The van der Waals surface area contributed by atoms with Crippen molar-refractivity contribution in [3.63, 3.8) is 0 Å². The second-order valence-electron chi connectivity index (χ2n) is 6.92. The van der Waals surface area contributed by atoms with E-state index >= 15 is 0 Å². The maximum atomic E-state index is 10.7. The van der Waals surface area contributed by atoms with Gasteiger partial charge >= 0.3 is 0 Å². The van der Waals surface area contributed by atoms with Crippen molar-refractivity contribution >= 4 is 5.69 Å². The van der Waals surface area contributed by atoms with Gasteiger partial charge in [-0.05, 0) is 26.0 Å². The minimum absolute atomic E-state index is 0.00763. The summed E-state index contributed by atoms with van der Waals surface area (Å²) in [5, 5.41) is 24.0. The molecule has 11 heteroatoms. The van der Waals surface area contributed by atoms with Crippen LogP contribution in [0.4, 0.5) is 5.69 Å². The van der Waals surface area contributed by atoms with Gasteiger partial charge in [-0.15, -0.1) is 0 Å². The largest absolute Gasteiger partial charge is 0.394 e. The second-order valence-corrected chi connectivity index (χ2v) is 6.92. The number of benzene rings is 1. The fourth-order valence-corrected chi connectivity index (χ4v) is 3.24. The third kappa shape index (κ3) is 3.62. The lowest BCUT2D eigenvalue weighted by atomic mass is 10.1. The number of rotatable bonds is 6. The zero-order valence-corrected chi connectivity index (χ0v) is 15.2. The van der Waals surface area contributed by atoms with Gasteiger partial charge in [0.1, 0.15) is 24.9 Å². The molecule has 4 rings (SSSR count). The van der Waals surface area contributed by atoms with Crippen LogP contribution < -0.4 is 0 Å². The maximum absolute atomic E-state index is 10.7. The number of nitro benzene ring substituents is 1. The van der Waals surface area contributed by atoms with Crippen LogP contribution in [-0.4, -0.2) is 57.2 Å². The lowest BCUT2D eigenvalue weighted by Gasteiger charge is -2.23. The third-order valence-corrected chi connectivity index (χ3v) is 4.46. The fraction of sp³-hybridized carbons (Fsp3) is 0.529. The zero-order valence-electron chi connectivity index (χ0n) is 15.2. The summed E-state index contributed by atoms with van der Waals surface area (Å²) in [6, 6.07) is 5.77. The number of aliphatic hydroxyl groups excluding tert-OH is 1. The van der Waals surface area contributed by atoms with Crippen LogP contribution >= 0.6 is 0 Å². The van der Waals surface area contributed by atoms with Crippen molar-refractivity contribution in [1.82, 2.24) is 10.1 Å². The number of aromatic nitrogens is 2. The van der Waals surface area contributed by atoms with E-state index in [0.29, 0.717) is 5.56 Å². The van der Waals surface area contributed by atoms with E-state index in [0.717, 1.165) is 0 Å². The van der Waals surface area contributed by atoms with Gasteiger partial charge in [-0.1, -0.05) is 5.16 Å². The number of ether oxygens (including phenoxy) is 4. The summed E-state index contributed by atoms with van der Waals surface area (Å²) in [4.78, 5) is 14.5. The molecule has 3 heterocycles. The molecular formula is C17H19N3O8. The molecule has 2 aliphatic heterocycles. The average Bonchev–Trinajstić information content (AvgIpc) is 3.33. The minimum atomic E-state index is -0.788. The third-order valence-electron chi connectivity index (χ3n) is 4.46. The van der Waals surface area contributed by atoms with Gasteiger partial charge in [-0.2, -0.15) is 4.98 Å². The average molecular weight is 393 g/mol. The highest BCUT2D eigenvalue weighted by Crippen LogP contribution is 2.39. The van der Waals surface area contributed by atoms with Crippen LogP contribution in [0.3, 0.4) is 0 Å². The Morgan fingerprint density at radius 1 is 1.25 bits per heavy atom. The molecule has 0 saturated carbocycles. The number of aliphatic hydroxyl groups is 1. The van der Waals surface area contributed by atoms with Crippen molar-refractivity contribution in [3.05, 3.63) is 40.2 Å². The fourth-order valence-electron chi connectivity index (χ4n) is 3.24. The Labute approximate surface area is 159 Å². The van der Waals surface area contributed by atoms with E-state index < -0.39 is 35.3 Å². The van der Waals surface area contributed by atoms with Gasteiger partial charge in [0.15, 0.2) is 17.9 Å². The van der Waals surface area contributed by atoms with Gasteiger partial charge in [0.2, 0.25) is 0 Å². The van der Waals surface area contributed by atoms with Crippen LogP contribution in [0.15, 0.2) is 28.8 Å². The molecule has 1 aromatic carbocycles. The Morgan fingerprint density at radius 2 is 1.96 bits per heavy atom. The molecule has 1 aromatic heterocycles. The van der Waals surface area contributed by atoms with Crippen LogP contribution in [-0.2, 0) is 25.6 Å². The Hall–Kier alpha value is -2.44. The smallest absolute Gasteiger partial charge is 0.269 e. The van der Waals surface area contributed by atoms with E-state index in [1.54, 1.807) is 13.8 Å². The number of non-ortho nitro benzene ring substituents is 1. The first kappa shape index (κ1) is 18.9. The predicted octanol–water partition coefficient (Wildman–Crippen LogP) is 1.40. The monoisotopic (exact) mass is 393 g/mol. The summed E-state index contributed by atoms with van der Waals surface area (Å²) in [5.41, 5.74) is 0.524. The van der Waals surface area contributed by atoms with Gasteiger partial charge in [-0.25, -0.2) is 0 Å². The Bertz CT molecular complexity index is 852. The van der Waals surface area contributed by atoms with Crippen LogP contribution in [0.5, 0.6) is 0 Å². The van der Waals surface area contributed by atoms with Crippen LogP contribution in [0.2, 0.25) is 0 Å². The summed E-state index contributed by atoms with van der Waals surface area (Å²) < 4.78 is 28.1. The van der Waals surface area contributed by atoms with E-state index in [2.05, 4.69) is 10.1 Å². The normalized spacial score (nSPS) is 28.4. The number of nitro groups is 1. The Kier molecular flexibility index (Phi) is 4.85. The van der Waals surface area contributed by atoms with Crippen molar-refractivity contribution in [2.45, 2.75) is 50.8 Å². The van der Waals surface area contributed by atoms with Crippen LogP contribution in [0, 0.1) is 10.1 Å². The van der Waals surface area contributed by atoms with Gasteiger partial charge in [0, 0.05) is 17.7 Å². The molecule has 150 valence electrons. The highest BCUT2D eigenvalue weighted by Gasteiger charge is 2.55. The van der Waals surface area contributed by atoms with Gasteiger partial charge < -0.3 is 28.6 Å². The van der Waals surface area contributed by atoms with E-state index in [4.69, 9.17) is 23.5 Å². The van der Waals surface area contributed by atoms with Crippen molar-refractivity contribution in [2.24, 2.45) is 0 Å². The summed E-state index contributed by atoms with van der Waals surface area (Å²) >= 11 is 0. The molecule has 0 radical (unpaired) electrons. The minimum Gasteiger partial charge on any atom is -0.394 e. The summed E-state index contributed by atoms with van der Waals surface area (Å²) in [6.07, 6.45) is -2.19. The SMILES string of the molecule is CC1(C)O[C@H]2[C@H](OCc3noc(-c4ccc([N+](=O)[O-])cc4)n3)O[C@H](CO)[C@H]2O1. The molecule has 2 aromatic rings. The van der Waals surface area contributed by atoms with Crippen molar-refractivity contribution in [2.75, 3.05) is 6.61 Å². The van der Waals surface area contributed by atoms with E-state index in [1.807, 2.05) is 0 Å². The number of nitrogens with zero attached hydrogens (tertiary/aromatic N) is 3. The molecule has 2 saturated heterocycles. The summed E-state index contributed by atoms with van der Waals surface area (Å²) in [7, 11) is 0. The number of hydrogen-bond donors (Lipinski definition) is 1. The van der Waals surface area contributed by atoms with Gasteiger partial charge in [0.25, 0.3) is 11.6 Å². The second kappa shape index (κ2) is 7.18. The molecule has 4 atom stereocenters. The van der Waals surface area contributed by atoms with E-state index in [1.165, 1.54) is 24.3 Å². The summed E-state index contributed by atoms with van der Waals surface area (Å²) in [5.74, 6) is -0.295. The molecular weight excluding hydrogens is 374 g/mol. The maximum Gasteiger partial charge on any atom is 0.269 e. The molecule has 0 spiro atoms. The lowest BCUT2D eigenvalue weighted by molar-refractivity contribution is -0.384. The molecule has 1 N–H and O–H groups in total. The van der Waals surface area contributed by atoms with Crippen LogP contribution in [0.1, 0.15) is 19.7 Å². The van der Waals surface area contributed by atoms with Crippen LogP contribution in [0.25, 0.3) is 11.5 Å². The molecule has 0 amide bonds. The van der Waals surface area contributed by atoms with E-state index in [-0.39, 0.29) is 30.6 Å². The van der Waals surface area contributed by atoms with Crippen molar-refractivity contribution < 1.29 is 33.5 Å². The summed E-state index contributed by atoms with van der Waals surface area (Å²) in [6.45, 7) is 3.35. The number of fused-ring (bicyclic) bond motifs is 1. The first-order valence-corrected chi connectivity index (χ1v) is 8.67. The van der Waals surface area contributed by atoms with Gasteiger partial charge in [0.05, 0.1) is 11.5 Å². The quantitative estimate of drug-likeness (QED) is 0.566. The first-order chi connectivity index (χ1) is 13.4. The predicted molar refractivity (Wildman–Crippen MR) is 90.7 cm³/mol. The topological polar surface area (TPSA) is 139 Å².